The first-order chi connectivity index (χ1) is 10.2. The van der Waals surface area contributed by atoms with Gasteiger partial charge >= 0.3 is 0 Å². The van der Waals surface area contributed by atoms with Crippen LogP contribution >= 0.6 is 0 Å². The Labute approximate surface area is 123 Å². The third-order valence-electron chi connectivity index (χ3n) is 3.41. The third-order valence-corrected chi connectivity index (χ3v) is 3.41. The Bertz CT molecular complexity index is 735. The van der Waals surface area contributed by atoms with Crippen molar-refractivity contribution in [1.29, 1.82) is 0 Å². The zero-order valence-electron chi connectivity index (χ0n) is 11.8. The topological polar surface area (TPSA) is 63.9 Å². The fraction of sp³-hybridized carbons (Fsp3) is 0.118. The molecular formula is C17H17N3O. The number of nitrogen functional groups attached to an aromatic ring is 1. The van der Waals surface area contributed by atoms with E-state index in [1.54, 1.807) is 6.20 Å². The highest BCUT2D eigenvalue weighted by atomic mass is 16.5. The summed E-state index contributed by atoms with van der Waals surface area (Å²) in [6, 6.07) is 16.2. The van der Waals surface area contributed by atoms with Crippen molar-refractivity contribution >= 4 is 5.82 Å². The van der Waals surface area contributed by atoms with E-state index >= 15 is 0 Å². The van der Waals surface area contributed by atoms with E-state index in [9.17, 15) is 0 Å². The summed E-state index contributed by atoms with van der Waals surface area (Å²) >= 11 is 0. The highest BCUT2D eigenvalue weighted by Crippen LogP contribution is 2.29. The predicted octanol–water partition coefficient (Wildman–Crippen LogP) is 3.55. The maximum absolute atomic E-state index is 5.93. The summed E-state index contributed by atoms with van der Waals surface area (Å²) in [5.41, 5.74) is 9.99. The molecule has 4 heteroatoms. The van der Waals surface area contributed by atoms with E-state index in [0.29, 0.717) is 12.4 Å². The number of ether oxygens (including phenoxy) is 1. The van der Waals surface area contributed by atoms with E-state index in [-0.39, 0.29) is 0 Å². The standard InChI is InChI=1S/C17H17N3O/c1-12-7-8-14(15-10-19-20-17(15)18)9-16(12)21-11-13-5-3-2-4-6-13/h2-10H,11H2,1H3,(H3,18,19,20). The van der Waals surface area contributed by atoms with Crippen LogP contribution in [0, 0.1) is 6.92 Å². The second-order valence-electron chi connectivity index (χ2n) is 4.95. The van der Waals surface area contributed by atoms with Gasteiger partial charge in [-0.2, -0.15) is 5.10 Å². The lowest BCUT2D eigenvalue weighted by molar-refractivity contribution is 0.304. The van der Waals surface area contributed by atoms with E-state index in [2.05, 4.69) is 10.2 Å². The maximum atomic E-state index is 5.93. The Hall–Kier alpha value is -2.75. The Morgan fingerprint density at radius 2 is 1.95 bits per heavy atom. The van der Waals surface area contributed by atoms with Crippen LogP contribution in [0.1, 0.15) is 11.1 Å². The zero-order valence-corrected chi connectivity index (χ0v) is 11.8. The second-order valence-corrected chi connectivity index (χ2v) is 4.95. The van der Waals surface area contributed by atoms with Crippen LogP contribution in [0.15, 0.2) is 54.7 Å². The van der Waals surface area contributed by atoms with Gasteiger partial charge in [0, 0.05) is 5.56 Å². The molecule has 3 rings (SSSR count). The van der Waals surface area contributed by atoms with Crippen molar-refractivity contribution in [2.24, 2.45) is 0 Å². The van der Waals surface area contributed by atoms with Crippen LogP contribution in [-0.4, -0.2) is 10.2 Å². The number of nitrogens with two attached hydrogens (primary N) is 1. The molecule has 0 radical (unpaired) electrons. The van der Waals surface area contributed by atoms with Crippen molar-refractivity contribution in [3.63, 3.8) is 0 Å². The van der Waals surface area contributed by atoms with Gasteiger partial charge in [-0.1, -0.05) is 42.5 Å². The van der Waals surface area contributed by atoms with Crippen molar-refractivity contribution < 1.29 is 4.74 Å². The quantitative estimate of drug-likeness (QED) is 0.767. The molecule has 0 atom stereocenters. The molecule has 21 heavy (non-hydrogen) atoms. The third kappa shape index (κ3) is 2.89. The van der Waals surface area contributed by atoms with Gasteiger partial charge in [0.25, 0.3) is 0 Å². The average Bonchev–Trinajstić information content (AvgIpc) is 2.94. The lowest BCUT2D eigenvalue weighted by Gasteiger charge is -2.11. The van der Waals surface area contributed by atoms with E-state index in [4.69, 9.17) is 10.5 Å². The largest absolute Gasteiger partial charge is 0.489 e. The molecule has 0 amide bonds. The molecule has 3 N–H and O–H groups in total. The number of aryl methyl sites for hydroxylation is 1. The molecule has 0 aliphatic carbocycles. The number of nitrogens with zero attached hydrogens (tertiary/aromatic N) is 1. The summed E-state index contributed by atoms with van der Waals surface area (Å²) in [6.45, 7) is 2.58. The molecule has 3 aromatic rings. The van der Waals surface area contributed by atoms with Crippen LogP contribution < -0.4 is 10.5 Å². The van der Waals surface area contributed by atoms with Crippen LogP contribution in [0.25, 0.3) is 11.1 Å². The fourth-order valence-corrected chi connectivity index (χ4v) is 2.18. The number of anilines is 1. The molecule has 106 valence electrons. The zero-order chi connectivity index (χ0) is 14.7. The van der Waals surface area contributed by atoms with Crippen LogP contribution in [0.5, 0.6) is 5.75 Å². The molecule has 0 saturated carbocycles. The van der Waals surface area contributed by atoms with Gasteiger partial charge in [0.2, 0.25) is 0 Å². The maximum Gasteiger partial charge on any atom is 0.126 e. The minimum Gasteiger partial charge on any atom is -0.489 e. The van der Waals surface area contributed by atoms with Gasteiger partial charge in [-0.15, -0.1) is 0 Å². The van der Waals surface area contributed by atoms with Crippen molar-refractivity contribution in [2.75, 3.05) is 5.73 Å². The highest BCUT2D eigenvalue weighted by Gasteiger charge is 2.08. The number of H-pyrrole nitrogens is 1. The van der Waals surface area contributed by atoms with E-state index in [1.807, 2.05) is 55.5 Å². The Morgan fingerprint density at radius 1 is 1.14 bits per heavy atom. The van der Waals surface area contributed by atoms with Crippen LogP contribution in [-0.2, 0) is 6.61 Å². The van der Waals surface area contributed by atoms with Crippen LogP contribution in [0.3, 0.4) is 0 Å². The number of aromatic nitrogens is 2. The number of benzene rings is 2. The molecule has 4 nitrogen and oxygen atoms in total. The Balaban J connectivity index is 1.83. The number of hydrogen-bond acceptors (Lipinski definition) is 3. The lowest BCUT2D eigenvalue weighted by Crippen LogP contribution is -1.97. The van der Waals surface area contributed by atoms with Crippen molar-refractivity contribution in [2.45, 2.75) is 13.5 Å². The first kappa shape index (κ1) is 13.2. The molecule has 1 aromatic heterocycles. The summed E-state index contributed by atoms with van der Waals surface area (Å²) in [5.74, 6) is 1.42. The first-order valence-electron chi connectivity index (χ1n) is 6.80. The summed E-state index contributed by atoms with van der Waals surface area (Å²) in [7, 11) is 0. The average molecular weight is 279 g/mol. The molecule has 0 aliphatic rings. The number of nitrogens with one attached hydrogen (secondary N) is 1. The van der Waals surface area contributed by atoms with Crippen molar-refractivity contribution in [3.05, 3.63) is 65.9 Å². The van der Waals surface area contributed by atoms with E-state index < -0.39 is 0 Å². The van der Waals surface area contributed by atoms with Crippen molar-refractivity contribution in [3.8, 4) is 16.9 Å². The van der Waals surface area contributed by atoms with Crippen LogP contribution in [0.2, 0.25) is 0 Å². The molecule has 0 saturated heterocycles. The monoisotopic (exact) mass is 279 g/mol. The molecule has 0 spiro atoms. The van der Waals surface area contributed by atoms with Gasteiger partial charge in [-0.25, -0.2) is 0 Å². The number of hydrogen-bond donors (Lipinski definition) is 2. The molecule has 0 bridgehead atoms. The van der Waals surface area contributed by atoms with Crippen molar-refractivity contribution in [1.82, 2.24) is 10.2 Å². The number of rotatable bonds is 4. The highest BCUT2D eigenvalue weighted by molar-refractivity contribution is 5.74. The smallest absolute Gasteiger partial charge is 0.126 e. The molecular weight excluding hydrogens is 262 g/mol. The lowest BCUT2D eigenvalue weighted by atomic mass is 10.1. The summed E-state index contributed by atoms with van der Waals surface area (Å²) < 4.78 is 5.93. The van der Waals surface area contributed by atoms with Gasteiger partial charge in [-0.05, 0) is 29.7 Å². The molecule has 1 heterocycles. The van der Waals surface area contributed by atoms with Gasteiger partial charge in [0.15, 0.2) is 0 Å². The molecule has 0 aliphatic heterocycles. The Kier molecular flexibility index (Phi) is 3.60. The summed E-state index contributed by atoms with van der Waals surface area (Å²) in [4.78, 5) is 0. The minimum absolute atomic E-state index is 0.548. The first-order valence-corrected chi connectivity index (χ1v) is 6.80. The molecule has 2 aromatic carbocycles. The molecule has 0 fully saturated rings. The number of aromatic amines is 1. The van der Waals surface area contributed by atoms with E-state index in [1.165, 1.54) is 0 Å². The van der Waals surface area contributed by atoms with Gasteiger partial charge in [0.1, 0.15) is 18.2 Å². The summed E-state index contributed by atoms with van der Waals surface area (Å²) in [6.07, 6.45) is 1.72. The Morgan fingerprint density at radius 3 is 2.67 bits per heavy atom. The normalized spacial score (nSPS) is 10.5. The SMILES string of the molecule is Cc1ccc(-c2cn[nH]c2N)cc1OCc1ccccc1. The molecule has 0 unspecified atom stereocenters. The van der Waals surface area contributed by atoms with Gasteiger partial charge < -0.3 is 10.5 Å². The van der Waals surface area contributed by atoms with Crippen LogP contribution in [0.4, 0.5) is 5.82 Å². The second kappa shape index (κ2) is 5.71. The minimum atomic E-state index is 0.548. The van der Waals surface area contributed by atoms with Gasteiger partial charge in [-0.3, -0.25) is 5.10 Å². The predicted molar refractivity (Wildman–Crippen MR) is 83.9 cm³/mol. The fourth-order valence-electron chi connectivity index (χ4n) is 2.18. The van der Waals surface area contributed by atoms with E-state index in [0.717, 1.165) is 28.0 Å². The van der Waals surface area contributed by atoms with Gasteiger partial charge in [0.05, 0.1) is 6.20 Å². The summed E-state index contributed by atoms with van der Waals surface area (Å²) in [5, 5.41) is 6.70.